The maximum absolute atomic E-state index is 11.4. The van der Waals surface area contributed by atoms with Crippen LogP contribution >= 0.6 is 22.6 Å². The van der Waals surface area contributed by atoms with E-state index in [0.717, 1.165) is 11.0 Å². The molecule has 0 fully saturated rings. The number of esters is 1. The number of carboxylic acid groups (broad SMARTS) is 1. The number of rotatable bonds is 22. The van der Waals surface area contributed by atoms with E-state index in [-0.39, 0.29) is 25.4 Å². The van der Waals surface area contributed by atoms with Gasteiger partial charge in [-0.25, -0.2) is 0 Å². The maximum Gasteiger partial charge on any atom is 0.305 e. The summed E-state index contributed by atoms with van der Waals surface area (Å²) in [6, 6.07) is 0. The number of carboxylic acids is 1. The zero-order valence-electron chi connectivity index (χ0n) is 16.4. The highest BCUT2D eigenvalue weighted by molar-refractivity contribution is 14.1. The van der Waals surface area contributed by atoms with Crippen LogP contribution in [0.3, 0.4) is 0 Å². The van der Waals surface area contributed by atoms with Gasteiger partial charge in [-0.3, -0.25) is 9.59 Å². The summed E-state index contributed by atoms with van der Waals surface area (Å²) in [5, 5.41) is 8.49. The highest BCUT2D eigenvalue weighted by Gasteiger charge is 2.04. The number of unbranched alkanes of at least 4 members (excludes halogenated alkanes) is 1. The highest BCUT2D eigenvalue weighted by atomic mass is 127. The van der Waals surface area contributed by atoms with Gasteiger partial charge in [0.1, 0.15) is 6.61 Å². The monoisotopic (exact) mass is 520 g/mol. The van der Waals surface area contributed by atoms with Crippen molar-refractivity contribution in [1.29, 1.82) is 0 Å². The average molecular weight is 520 g/mol. The molecule has 0 radical (unpaired) electrons. The minimum absolute atomic E-state index is 0.0730. The van der Waals surface area contributed by atoms with Crippen LogP contribution in [0, 0.1) is 0 Å². The minimum atomic E-state index is -0.854. The van der Waals surface area contributed by atoms with Gasteiger partial charge in [0, 0.05) is 17.3 Å². The van der Waals surface area contributed by atoms with Crippen LogP contribution in [0.5, 0.6) is 0 Å². The van der Waals surface area contributed by atoms with E-state index in [1.807, 2.05) is 0 Å². The molecule has 0 aliphatic rings. The van der Waals surface area contributed by atoms with Gasteiger partial charge in [0.05, 0.1) is 66.1 Å². The Morgan fingerprint density at radius 1 is 0.607 bits per heavy atom. The Morgan fingerprint density at radius 3 is 1.43 bits per heavy atom. The van der Waals surface area contributed by atoms with Crippen LogP contribution in [-0.4, -0.2) is 94.1 Å². The SMILES string of the molecule is O=C(O)CCCCC(=O)OCCOCCOCCOCCOCCOCCI. The van der Waals surface area contributed by atoms with E-state index >= 15 is 0 Å². The van der Waals surface area contributed by atoms with E-state index in [0.29, 0.717) is 72.3 Å². The molecule has 9 nitrogen and oxygen atoms in total. The van der Waals surface area contributed by atoms with E-state index in [4.69, 9.17) is 33.5 Å². The molecular formula is C18H33IO9. The highest BCUT2D eigenvalue weighted by Crippen LogP contribution is 2.01. The van der Waals surface area contributed by atoms with Crippen LogP contribution in [0.1, 0.15) is 25.7 Å². The topological polar surface area (TPSA) is 110 Å². The van der Waals surface area contributed by atoms with Crippen LogP contribution in [-0.2, 0) is 38.0 Å². The summed E-state index contributed by atoms with van der Waals surface area (Å²) in [5.74, 6) is -1.19. The van der Waals surface area contributed by atoms with Crippen molar-refractivity contribution in [3.63, 3.8) is 0 Å². The van der Waals surface area contributed by atoms with Crippen molar-refractivity contribution in [1.82, 2.24) is 0 Å². The lowest BCUT2D eigenvalue weighted by Crippen LogP contribution is -2.15. The molecule has 0 spiro atoms. The van der Waals surface area contributed by atoms with Crippen LogP contribution in [0.15, 0.2) is 0 Å². The first-order valence-electron chi connectivity index (χ1n) is 9.49. The van der Waals surface area contributed by atoms with Gasteiger partial charge in [0.25, 0.3) is 0 Å². The van der Waals surface area contributed by atoms with Gasteiger partial charge in [-0.2, -0.15) is 0 Å². The summed E-state index contributed by atoms with van der Waals surface area (Å²) in [6.45, 7) is 5.32. The molecule has 0 bridgehead atoms. The first kappa shape index (κ1) is 27.5. The molecule has 0 saturated heterocycles. The van der Waals surface area contributed by atoms with Gasteiger partial charge < -0.3 is 33.5 Å². The number of hydrogen-bond donors (Lipinski definition) is 1. The van der Waals surface area contributed by atoms with E-state index in [9.17, 15) is 9.59 Å². The zero-order valence-corrected chi connectivity index (χ0v) is 18.6. The number of hydrogen-bond acceptors (Lipinski definition) is 8. The number of alkyl halides is 1. The Bertz CT molecular complexity index is 369. The van der Waals surface area contributed by atoms with Crippen LogP contribution < -0.4 is 0 Å². The Balaban J connectivity index is 3.11. The lowest BCUT2D eigenvalue weighted by molar-refractivity contribution is -0.146. The van der Waals surface area contributed by atoms with Gasteiger partial charge in [-0.1, -0.05) is 22.6 Å². The Morgan fingerprint density at radius 2 is 1.00 bits per heavy atom. The van der Waals surface area contributed by atoms with Gasteiger partial charge in [-0.15, -0.1) is 0 Å². The van der Waals surface area contributed by atoms with Gasteiger partial charge >= 0.3 is 11.9 Å². The van der Waals surface area contributed by atoms with E-state index < -0.39 is 5.97 Å². The average Bonchev–Trinajstić information content (AvgIpc) is 2.67. The molecule has 166 valence electrons. The normalized spacial score (nSPS) is 10.9. The first-order valence-corrected chi connectivity index (χ1v) is 11.0. The third-order valence-electron chi connectivity index (χ3n) is 3.22. The number of carbonyl (C=O) groups is 2. The molecule has 0 heterocycles. The van der Waals surface area contributed by atoms with Crippen LogP contribution in [0.2, 0.25) is 0 Å². The quantitative estimate of drug-likeness (QED) is 0.0988. The van der Waals surface area contributed by atoms with E-state index in [1.54, 1.807) is 0 Å². The van der Waals surface area contributed by atoms with Gasteiger partial charge in [0.15, 0.2) is 0 Å². The summed E-state index contributed by atoms with van der Waals surface area (Å²) in [4.78, 5) is 21.7. The van der Waals surface area contributed by atoms with E-state index in [2.05, 4.69) is 22.6 Å². The van der Waals surface area contributed by atoms with Gasteiger partial charge in [0.2, 0.25) is 0 Å². The number of ether oxygens (including phenoxy) is 6. The largest absolute Gasteiger partial charge is 0.481 e. The fourth-order valence-electron chi connectivity index (χ4n) is 1.87. The summed E-state index contributed by atoms with van der Waals surface area (Å²) in [6.07, 6.45) is 1.29. The number of aliphatic carboxylic acids is 1. The zero-order chi connectivity index (χ0) is 20.7. The molecule has 0 aliphatic heterocycles. The predicted molar refractivity (Wildman–Crippen MR) is 110 cm³/mol. The molecule has 0 aromatic rings. The second-order valence-corrected chi connectivity index (χ2v) is 6.65. The summed E-state index contributed by atoms with van der Waals surface area (Å²) in [5.41, 5.74) is 0. The minimum Gasteiger partial charge on any atom is -0.481 e. The third kappa shape index (κ3) is 23.5. The lowest BCUT2D eigenvalue weighted by Gasteiger charge is -2.08. The molecule has 0 aliphatic carbocycles. The smallest absolute Gasteiger partial charge is 0.305 e. The van der Waals surface area contributed by atoms with Crippen molar-refractivity contribution in [2.45, 2.75) is 25.7 Å². The number of carbonyl (C=O) groups excluding carboxylic acids is 1. The summed E-state index contributed by atoms with van der Waals surface area (Å²) < 4.78 is 32.6. The molecule has 0 atom stereocenters. The Labute approximate surface area is 180 Å². The molecule has 1 N–H and O–H groups in total. The molecule has 28 heavy (non-hydrogen) atoms. The Kier molecular flexibility index (Phi) is 22.3. The molecule has 0 aromatic heterocycles. The second kappa shape index (κ2) is 22.8. The molecule has 0 rings (SSSR count). The number of halogens is 1. The second-order valence-electron chi connectivity index (χ2n) is 5.57. The van der Waals surface area contributed by atoms with Crippen molar-refractivity contribution in [2.24, 2.45) is 0 Å². The first-order chi connectivity index (χ1) is 13.7. The summed E-state index contributed by atoms with van der Waals surface area (Å²) in [7, 11) is 0. The van der Waals surface area contributed by atoms with Crippen molar-refractivity contribution in [2.75, 3.05) is 77.1 Å². The molecule has 10 heteroatoms. The van der Waals surface area contributed by atoms with Gasteiger partial charge in [-0.05, 0) is 12.8 Å². The molecule has 0 aromatic carbocycles. The van der Waals surface area contributed by atoms with Crippen molar-refractivity contribution < 1.29 is 43.1 Å². The van der Waals surface area contributed by atoms with Crippen LogP contribution in [0.25, 0.3) is 0 Å². The Hall–Kier alpha value is -0.530. The van der Waals surface area contributed by atoms with Crippen molar-refractivity contribution in [3.8, 4) is 0 Å². The molecule has 0 saturated carbocycles. The maximum atomic E-state index is 11.4. The van der Waals surface area contributed by atoms with Crippen molar-refractivity contribution >= 4 is 34.5 Å². The molecule has 0 unspecified atom stereocenters. The van der Waals surface area contributed by atoms with E-state index in [1.165, 1.54) is 0 Å². The molecule has 0 amide bonds. The van der Waals surface area contributed by atoms with Crippen molar-refractivity contribution in [3.05, 3.63) is 0 Å². The summed E-state index contributed by atoms with van der Waals surface area (Å²) >= 11 is 2.26. The standard InChI is InChI=1S/C18H33IO9/c19-5-6-23-7-8-24-9-10-25-11-12-26-13-14-27-15-16-28-18(22)4-2-1-3-17(20)21/h1-16H2,(H,20,21). The molecular weight excluding hydrogens is 487 g/mol. The third-order valence-corrected chi connectivity index (χ3v) is 3.66. The lowest BCUT2D eigenvalue weighted by atomic mass is 10.2. The van der Waals surface area contributed by atoms with Crippen LogP contribution in [0.4, 0.5) is 0 Å². The predicted octanol–water partition coefficient (Wildman–Crippen LogP) is 1.69. The fraction of sp³-hybridized carbons (Fsp3) is 0.889. The fourth-order valence-corrected chi connectivity index (χ4v) is 2.18.